The van der Waals surface area contributed by atoms with Gasteiger partial charge in [-0.2, -0.15) is 0 Å². The van der Waals surface area contributed by atoms with Crippen LogP contribution in [0.1, 0.15) is 87.9 Å². The van der Waals surface area contributed by atoms with Crippen LogP contribution in [0.4, 0.5) is 0 Å². The normalized spacial score (nSPS) is 23.4. The molecule has 0 aromatic heterocycles. The van der Waals surface area contributed by atoms with Crippen molar-refractivity contribution in [1.82, 2.24) is 0 Å². The second-order valence-electron chi connectivity index (χ2n) is 8.54. The summed E-state index contributed by atoms with van der Waals surface area (Å²) in [5.41, 5.74) is 1.94. The van der Waals surface area contributed by atoms with Gasteiger partial charge in [-0.1, -0.05) is 50.5 Å². The first-order valence-electron chi connectivity index (χ1n) is 11.8. The first-order valence-corrected chi connectivity index (χ1v) is 12.2. The number of hydrogen-bond donors (Lipinski definition) is 3. The number of hydrogen-bond acceptors (Lipinski definition) is 5. The van der Waals surface area contributed by atoms with Crippen molar-refractivity contribution in [3.63, 3.8) is 0 Å². The van der Waals surface area contributed by atoms with Crippen molar-refractivity contribution < 1.29 is 24.9 Å². The lowest BCUT2D eigenvalue weighted by Gasteiger charge is -2.23. The van der Waals surface area contributed by atoms with Gasteiger partial charge in [-0.25, -0.2) is 0 Å². The van der Waals surface area contributed by atoms with Crippen LogP contribution < -0.4 is 0 Å². The molecule has 6 heteroatoms. The van der Waals surface area contributed by atoms with Gasteiger partial charge in [0.2, 0.25) is 0 Å². The average molecular weight is 465 g/mol. The van der Waals surface area contributed by atoms with Crippen LogP contribution in [-0.2, 0) is 9.53 Å². The number of ether oxygens (including phenoxy) is 1. The van der Waals surface area contributed by atoms with Gasteiger partial charge in [0, 0.05) is 30.6 Å². The maximum absolute atomic E-state index is 11.4. The topological polar surface area (TPSA) is 87.0 Å². The van der Waals surface area contributed by atoms with E-state index >= 15 is 0 Å². The molecule has 1 aromatic carbocycles. The fourth-order valence-corrected chi connectivity index (χ4v) is 4.74. The first-order chi connectivity index (χ1) is 15.5. The molecule has 0 saturated heterocycles. The second kappa shape index (κ2) is 14.5. The number of aliphatic hydroxyl groups is 3. The van der Waals surface area contributed by atoms with E-state index < -0.39 is 12.2 Å². The predicted octanol–water partition coefficient (Wildman–Crippen LogP) is 4.47. The lowest BCUT2D eigenvalue weighted by atomic mass is 9.85. The highest BCUT2D eigenvalue weighted by atomic mass is 35.5. The third-order valence-electron chi connectivity index (χ3n) is 6.09. The Hall–Kier alpha value is -1.58. The zero-order valence-electron chi connectivity index (χ0n) is 19.0. The lowest BCUT2D eigenvalue weighted by Crippen LogP contribution is -2.18. The molecule has 1 aromatic rings. The minimum atomic E-state index is -0.508. The fraction of sp³-hybridized carbons (Fsp3) is 0.654. The van der Waals surface area contributed by atoms with Crippen molar-refractivity contribution in [2.75, 3.05) is 13.2 Å². The molecule has 3 N–H and O–H groups in total. The lowest BCUT2D eigenvalue weighted by molar-refractivity contribution is -0.144. The van der Waals surface area contributed by atoms with Crippen molar-refractivity contribution in [1.29, 1.82) is 0 Å². The first kappa shape index (κ1) is 26.7. The van der Waals surface area contributed by atoms with E-state index in [0.717, 1.165) is 36.8 Å². The van der Waals surface area contributed by atoms with Crippen LogP contribution in [0, 0.1) is 17.8 Å². The van der Waals surface area contributed by atoms with Crippen LogP contribution >= 0.6 is 11.6 Å². The van der Waals surface area contributed by atoms with E-state index in [1.54, 1.807) is 0 Å². The van der Waals surface area contributed by atoms with Gasteiger partial charge in [-0.15, -0.1) is 23.4 Å². The fourth-order valence-electron chi connectivity index (χ4n) is 4.31. The van der Waals surface area contributed by atoms with Crippen LogP contribution in [0.25, 0.3) is 0 Å². The van der Waals surface area contributed by atoms with Gasteiger partial charge in [0.05, 0.1) is 18.8 Å². The Labute approximate surface area is 197 Å². The Morgan fingerprint density at radius 1 is 1.22 bits per heavy atom. The molecule has 1 aliphatic carbocycles. The Morgan fingerprint density at radius 3 is 2.66 bits per heavy atom. The molecule has 0 spiro atoms. The number of carbonyl (C=O) groups is 1. The number of halogens is 1. The number of rotatable bonds is 12. The summed E-state index contributed by atoms with van der Waals surface area (Å²) >= 11 is 6.55. The van der Waals surface area contributed by atoms with Gasteiger partial charge < -0.3 is 20.1 Å². The summed E-state index contributed by atoms with van der Waals surface area (Å²) < 4.78 is 4.82. The van der Waals surface area contributed by atoms with Crippen LogP contribution in [-0.4, -0.2) is 46.0 Å². The summed E-state index contributed by atoms with van der Waals surface area (Å²) in [6.45, 7) is 2.02. The molecule has 1 aliphatic rings. The molecule has 0 radical (unpaired) electrons. The molecule has 0 aliphatic heterocycles. The molecule has 2 unspecified atom stereocenters. The molecule has 5 nitrogen and oxygen atoms in total. The van der Waals surface area contributed by atoms with E-state index in [1.807, 2.05) is 24.3 Å². The van der Waals surface area contributed by atoms with E-state index in [9.17, 15) is 15.0 Å². The molecule has 2 rings (SSSR count). The molecule has 32 heavy (non-hydrogen) atoms. The summed E-state index contributed by atoms with van der Waals surface area (Å²) in [5, 5.41) is 29.5. The summed E-state index contributed by atoms with van der Waals surface area (Å²) in [5.74, 6) is 5.93. The number of unbranched alkanes of at least 4 members (excludes halogenated alkanes) is 3. The maximum atomic E-state index is 11.4. The van der Waals surface area contributed by atoms with E-state index in [-0.39, 0.29) is 42.8 Å². The highest BCUT2D eigenvalue weighted by Crippen LogP contribution is 2.44. The van der Waals surface area contributed by atoms with Crippen molar-refractivity contribution >= 4 is 17.6 Å². The molecular weight excluding hydrogens is 428 g/mol. The third kappa shape index (κ3) is 8.41. The molecule has 0 amide bonds. The van der Waals surface area contributed by atoms with Crippen molar-refractivity contribution in [3.8, 4) is 11.8 Å². The zero-order chi connectivity index (χ0) is 23.3. The van der Waals surface area contributed by atoms with E-state index in [4.69, 9.17) is 21.4 Å². The van der Waals surface area contributed by atoms with Crippen LogP contribution in [0.15, 0.2) is 24.3 Å². The summed E-state index contributed by atoms with van der Waals surface area (Å²) in [4.78, 5) is 11.4. The van der Waals surface area contributed by atoms with Gasteiger partial charge in [0.25, 0.3) is 0 Å². The average Bonchev–Trinajstić information content (AvgIpc) is 3.07. The predicted molar refractivity (Wildman–Crippen MR) is 126 cm³/mol. The smallest absolute Gasteiger partial charge is 0.305 e. The van der Waals surface area contributed by atoms with Gasteiger partial charge >= 0.3 is 5.97 Å². The summed E-state index contributed by atoms with van der Waals surface area (Å²) in [6, 6.07) is 7.91. The minimum absolute atomic E-state index is 0.0335. The van der Waals surface area contributed by atoms with Gasteiger partial charge in [-0.05, 0) is 36.3 Å². The Bertz CT molecular complexity index is 739. The number of carbonyl (C=O) groups excluding carboxylic acids is 1. The summed E-state index contributed by atoms with van der Waals surface area (Å²) in [7, 11) is 0. The third-order valence-corrected chi connectivity index (χ3v) is 6.60. The largest absolute Gasteiger partial charge is 0.463 e. The number of esters is 1. The van der Waals surface area contributed by atoms with Crippen molar-refractivity contribution in [2.45, 2.75) is 88.2 Å². The number of aliphatic hydroxyl groups excluding tert-OH is 3. The Balaban J connectivity index is 1.90. The Morgan fingerprint density at radius 2 is 1.97 bits per heavy atom. The second-order valence-corrected chi connectivity index (χ2v) is 9.10. The number of benzene rings is 1. The quantitative estimate of drug-likeness (QED) is 0.184. The highest BCUT2D eigenvalue weighted by molar-refractivity contribution is 6.21. The van der Waals surface area contributed by atoms with Gasteiger partial charge in [-0.3, -0.25) is 4.79 Å². The monoisotopic (exact) mass is 464 g/mol. The SMILES string of the molecule is CCCCC[C@@H](O)c1ccc(C2C(CC#CCCCC(=O)OCCO)[C@H](Cl)C[C@H]2O)cc1. The maximum Gasteiger partial charge on any atom is 0.305 e. The molecule has 0 bridgehead atoms. The van der Waals surface area contributed by atoms with E-state index in [2.05, 4.69) is 18.8 Å². The minimum Gasteiger partial charge on any atom is -0.463 e. The highest BCUT2D eigenvalue weighted by Gasteiger charge is 2.41. The van der Waals surface area contributed by atoms with Gasteiger partial charge in [0.15, 0.2) is 0 Å². The zero-order valence-corrected chi connectivity index (χ0v) is 19.8. The van der Waals surface area contributed by atoms with E-state index in [0.29, 0.717) is 25.7 Å². The summed E-state index contributed by atoms with van der Waals surface area (Å²) in [6.07, 6.45) is 5.69. The molecule has 5 atom stereocenters. The Kier molecular flexibility index (Phi) is 12.1. The van der Waals surface area contributed by atoms with Gasteiger partial charge in [0.1, 0.15) is 6.61 Å². The molecular formula is C26H37ClO5. The van der Waals surface area contributed by atoms with Crippen molar-refractivity contribution in [2.24, 2.45) is 5.92 Å². The van der Waals surface area contributed by atoms with Crippen molar-refractivity contribution in [3.05, 3.63) is 35.4 Å². The van der Waals surface area contributed by atoms with Crippen LogP contribution in [0.3, 0.4) is 0 Å². The molecule has 178 valence electrons. The van der Waals surface area contributed by atoms with Crippen LogP contribution in [0.2, 0.25) is 0 Å². The molecule has 1 fully saturated rings. The number of alkyl halides is 1. The molecule has 0 heterocycles. The molecule has 1 saturated carbocycles. The standard InChI is InChI=1S/C26H37ClO5/c1-2-3-6-10-23(29)19-12-14-20(15-13-19)26-21(22(27)18-24(26)30)9-7-4-5-8-11-25(31)32-17-16-28/h12-15,21-24,26,28-30H,2-3,5-6,8-11,16-18H2,1H3/t21?,22-,23-,24-,26?/m1/s1. The van der Waals surface area contributed by atoms with Crippen LogP contribution in [0.5, 0.6) is 0 Å². The van der Waals surface area contributed by atoms with E-state index in [1.165, 1.54) is 0 Å².